The second-order valence-corrected chi connectivity index (χ2v) is 7.22. The molecule has 126 valence electrons. The van der Waals surface area contributed by atoms with Gasteiger partial charge in [-0.1, -0.05) is 12.8 Å². The first-order valence-corrected chi connectivity index (χ1v) is 9.26. The van der Waals surface area contributed by atoms with Crippen molar-refractivity contribution in [1.29, 1.82) is 0 Å². The molecule has 6 nitrogen and oxygen atoms in total. The van der Waals surface area contributed by atoms with E-state index in [9.17, 15) is 9.59 Å². The standard InChI is InChI=1S/C17H20N4O2S/c22-16(18-13-3-1-2-4-13)12-7-8-21(10-12)17(23)11-5-6-14-15(9-11)20-24-19-14/h5-6,9,12-13H,1-4,7-8,10H2,(H,18,22). The third kappa shape index (κ3) is 3.00. The number of likely N-dealkylation sites (tertiary alicyclic amines) is 1. The van der Waals surface area contributed by atoms with E-state index in [1.807, 2.05) is 6.07 Å². The SMILES string of the molecule is O=C(NC1CCCC1)C1CCN(C(=O)c2ccc3nsnc3c2)C1. The lowest BCUT2D eigenvalue weighted by atomic mass is 10.1. The zero-order valence-electron chi connectivity index (χ0n) is 13.4. The highest BCUT2D eigenvalue weighted by Crippen LogP contribution is 2.23. The summed E-state index contributed by atoms with van der Waals surface area (Å²) >= 11 is 1.15. The topological polar surface area (TPSA) is 75.2 Å². The molecule has 1 aromatic heterocycles. The molecule has 1 atom stereocenters. The largest absolute Gasteiger partial charge is 0.353 e. The van der Waals surface area contributed by atoms with Gasteiger partial charge in [0.1, 0.15) is 11.0 Å². The van der Waals surface area contributed by atoms with E-state index in [0.717, 1.165) is 42.0 Å². The first-order valence-electron chi connectivity index (χ1n) is 8.53. The van der Waals surface area contributed by atoms with Crippen LogP contribution in [0.2, 0.25) is 0 Å². The summed E-state index contributed by atoms with van der Waals surface area (Å²) in [5.74, 6) is -0.00311. The Labute approximate surface area is 144 Å². The average molecular weight is 344 g/mol. The molecule has 1 N–H and O–H groups in total. The van der Waals surface area contributed by atoms with Gasteiger partial charge in [0.2, 0.25) is 5.91 Å². The monoisotopic (exact) mass is 344 g/mol. The Kier molecular flexibility index (Phi) is 4.18. The molecule has 24 heavy (non-hydrogen) atoms. The van der Waals surface area contributed by atoms with E-state index in [0.29, 0.717) is 24.7 Å². The number of rotatable bonds is 3. The third-order valence-corrected chi connectivity index (χ3v) is 5.61. The molecular weight excluding hydrogens is 324 g/mol. The minimum Gasteiger partial charge on any atom is -0.353 e. The Bertz CT molecular complexity index is 769. The number of benzene rings is 1. The molecule has 7 heteroatoms. The number of fused-ring (bicyclic) bond motifs is 1. The quantitative estimate of drug-likeness (QED) is 0.926. The summed E-state index contributed by atoms with van der Waals surface area (Å²) in [6.07, 6.45) is 5.32. The first kappa shape index (κ1) is 15.5. The van der Waals surface area contributed by atoms with E-state index in [1.165, 1.54) is 12.8 Å². The summed E-state index contributed by atoms with van der Waals surface area (Å²) in [5.41, 5.74) is 2.18. The summed E-state index contributed by atoms with van der Waals surface area (Å²) in [5, 5.41) is 3.15. The fourth-order valence-electron chi connectivity index (χ4n) is 3.65. The minimum atomic E-state index is -0.0841. The lowest BCUT2D eigenvalue weighted by molar-refractivity contribution is -0.125. The molecule has 0 spiro atoms. The van der Waals surface area contributed by atoms with Crippen molar-refractivity contribution >= 4 is 34.6 Å². The van der Waals surface area contributed by atoms with Crippen LogP contribution in [0.25, 0.3) is 11.0 Å². The van der Waals surface area contributed by atoms with Crippen LogP contribution in [0.1, 0.15) is 42.5 Å². The first-order chi connectivity index (χ1) is 11.7. The number of hydrogen-bond donors (Lipinski definition) is 1. The number of nitrogens with one attached hydrogen (secondary N) is 1. The van der Waals surface area contributed by atoms with E-state index < -0.39 is 0 Å². The van der Waals surface area contributed by atoms with E-state index in [1.54, 1.807) is 17.0 Å². The summed E-state index contributed by atoms with van der Waals surface area (Å²) in [7, 11) is 0. The van der Waals surface area contributed by atoms with Crippen molar-refractivity contribution in [2.45, 2.75) is 38.1 Å². The predicted molar refractivity (Wildman–Crippen MR) is 91.8 cm³/mol. The number of hydrogen-bond acceptors (Lipinski definition) is 5. The van der Waals surface area contributed by atoms with Crippen molar-refractivity contribution in [1.82, 2.24) is 19.0 Å². The van der Waals surface area contributed by atoms with Gasteiger partial charge in [-0.25, -0.2) is 0 Å². The Hall–Kier alpha value is -2.02. The molecule has 2 fully saturated rings. The van der Waals surface area contributed by atoms with Crippen molar-refractivity contribution in [3.05, 3.63) is 23.8 Å². The molecule has 0 radical (unpaired) electrons. The zero-order chi connectivity index (χ0) is 16.5. The number of carbonyl (C=O) groups is 2. The maximum atomic E-state index is 12.7. The molecule has 1 aromatic carbocycles. The Morgan fingerprint density at radius 2 is 1.92 bits per heavy atom. The van der Waals surface area contributed by atoms with Crippen LogP contribution >= 0.6 is 11.7 Å². The van der Waals surface area contributed by atoms with Crippen LogP contribution in [0, 0.1) is 5.92 Å². The highest BCUT2D eigenvalue weighted by Gasteiger charge is 2.32. The van der Waals surface area contributed by atoms with Crippen molar-refractivity contribution in [3.8, 4) is 0 Å². The van der Waals surface area contributed by atoms with Gasteiger partial charge < -0.3 is 10.2 Å². The lowest BCUT2D eigenvalue weighted by Gasteiger charge is -2.18. The van der Waals surface area contributed by atoms with Crippen molar-refractivity contribution in [2.75, 3.05) is 13.1 Å². The second kappa shape index (κ2) is 6.47. The number of nitrogens with zero attached hydrogens (tertiary/aromatic N) is 3. The van der Waals surface area contributed by atoms with Gasteiger partial charge >= 0.3 is 0 Å². The molecule has 1 saturated carbocycles. The molecular formula is C17H20N4O2S. The van der Waals surface area contributed by atoms with Crippen LogP contribution in [0.4, 0.5) is 0 Å². The van der Waals surface area contributed by atoms with E-state index in [-0.39, 0.29) is 17.7 Å². The average Bonchev–Trinajstić information content (AvgIpc) is 3.33. The van der Waals surface area contributed by atoms with Crippen LogP contribution < -0.4 is 5.32 Å². The molecule has 2 amide bonds. The highest BCUT2D eigenvalue weighted by atomic mass is 32.1. The smallest absolute Gasteiger partial charge is 0.253 e. The van der Waals surface area contributed by atoms with Crippen molar-refractivity contribution in [2.24, 2.45) is 5.92 Å². The van der Waals surface area contributed by atoms with Gasteiger partial charge in [0.25, 0.3) is 5.91 Å². The van der Waals surface area contributed by atoms with Crippen molar-refractivity contribution in [3.63, 3.8) is 0 Å². The van der Waals surface area contributed by atoms with Crippen LogP contribution in [0.3, 0.4) is 0 Å². The summed E-state index contributed by atoms with van der Waals surface area (Å²) in [6.45, 7) is 1.14. The fourth-order valence-corrected chi connectivity index (χ4v) is 4.16. The molecule has 2 aliphatic rings. The molecule has 2 heterocycles. The molecule has 1 aliphatic heterocycles. The maximum Gasteiger partial charge on any atom is 0.253 e. The zero-order valence-corrected chi connectivity index (χ0v) is 14.2. The lowest BCUT2D eigenvalue weighted by Crippen LogP contribution is -2.39. The third-order valence-electron chi connectivity index (χ3n) is 5.05. The molecule has 4 rings (SSSR count). The number of aromatic nitrogens is 2. The summed E-state index contributed by atoms with van der Waals surface area (Å²) in [4.78, 5) is 26.8. The highest BCUT2D eigenvalue weighted by molar-refractivity contribution is 7.00. The molecule has 1 aliphatic carbocycles. The van der Waals surface area contributed by atoms with E-state index >= 15 is 0 Å². The minimum absolute atomic E-state index is 0.0268. The normalized spacial score (nSPS) is 21.5. The molecule has 0 bridgehead atoms. The summed E-state index contributed by atoms with van der Waals surface area (Å²) < 4.78 is 8.34. The van der Waals surface area contributed by atoms with E-state index in [2.05, 4.69) is 14.1 Å². The van der Waals surface area contributed by atoms with Gasteiger partial charge in [-0.3, -0.25) is 9.59 Å². The second-order valence-electron chi connectivity index (χ2n) is 6.69. The number of carbonyl (C=O) groups excluding carboxylic acids is 2. The molecule has 2 aromatic rings. The van der Waals surface area contributed by atoms with Gasteiger partial charge in [-0.15, -0.1) is 0 Å². The fraction of sp³-hybridized carbons (Fsp3) is 0.529. The Morgan fingerprint density at radius 3 is 2.75 bits per heavy atom. The van der Waals surface area contributed by atoms with Gasteiger partial charge in [0.15, 0.2) is 0 Å². The van der Waals surface area contributed by atoms with Crippen LogP contribution in [-0.4, -0.2) is 44.6 Å². The predicted octanol–water partition coefficient (Wildman–Crippen LogP) is 2.21. The Morgan fingerprint density at radius 1 is 1.12 bits per heavy atom. The summed E-state index contributed by atoms with van der Waals surface area (Å²) in [6, 6.07) is 5.74. The maximum absolute atomic E-state index is 12.7. The van der Waals surface area contributed by atoms with Gasteiger partial charge in [-0.2, -0.15) is 8.75 Å². The molecule has 1 saturated heterocycles. The Balaban J connectivity index is 1.40. The van der Waals surface area contributed by atoms with Crippen LogP contribution in [0.5, 0.6) is 0 Å². The van der Waals surface area contributed by atoms with Crippen LogP contribution in [0.15, 0.2) is 18.2 Å². The van der Waals surface area contributed by atoms with Gasteiger partial charge in [0, 0.05) is 24.7 Å². The molecule has 1 unspecified atom stereocenters. The van der Waals surface area contributed by atoms with Crippen molar-refractivity contribution < 1.29 is 9.59 Å². The van der Waals surface area contributed by atoms with Crippen LogP contribution in [-0.2, 0) is 4.79 Å². The number of amides is 2. The van der Waals surface area contributed by atoms with Gasteiger partial charge in [0.05, 0.1) is 17.6 Å². The van der Waals surface area contributed by atoms with E-state index in [4.69, 9.17) is 0 Å². The van der Waals surface area contributed by atoms with Gasteiger partial charge in [-0.05, 0) is 37.5 Å².